The lowest BCUT2D eigenvalue weighted by Crippen LogP contribution is -2.12. The van der Waals surface area contributed by atoms with Gasteiger partial charge < -0.3 is 20.1 Å². The minimum Gasteiger partial charge on any atom is -0.454 e. The van der Waals surface area contributed by atoms with E-state index in [0.29, 0.717) is 38.1 Å². The van der Waals surface area contributed by atoms with Crippen molar-refractivity contribution >= 4 is 57.0 Å². The molecule has 26 heavy (non-hydrogen) atoms. The van der Waals surface area contributed by atoms with Crippen LogP contribution in [0.15, 0.2) is 41.8 Å². The largest absolute Gasteiger partial charge is 0.454 e. The van der Waals surface area contributed by atoms with Gasteiger partial charge in [-0.3, -0.25) is 4.79 Å². The van der Waals surface area contributed by atoms with Crippen molar-refractivity contribution in [2.75, 3.05) is 17.4 Å². The molecule has 0 fully saturated rings. The summed E-state index contributed by atoms with van der Waals surface area (Å²) in [6.07, 6.45) is 0. The number of nitrogens with zero attached hydrogens (tertiary/aromatic N) is 1. The molecule has 6 nitrogen and oxygen atoms in total. The van der Waals surface area contributed by atoms with Crippen LogP contribution >= 0.6 is 34.5 Å². The summed E-state index contributed by atoms with van der Waals surface area (Å²) in [7, 11) is 0. The number of halogens is 2. The third-order valence-corrected chi connectivity index (χ3v) is 5.03. The third-order valence-electron chi connectivity index (χ3n) is 3.54. The molecule has 0 saturated heterocycles. The molecule has 132 valence electrons. The zero-order chi connectivity index (χ0) is 18.1. The van der Waals surface area contributed by atoms with Gasteiger partial charge in [0.1, 0.15) is 5.69 Å². The number of aromatic nitrogens is 1. The molecule has 2 N–H and O–H groups in total. The van der Waals surface area contributed by atoms with Gasteiger partial charge in [-0.05, 0) is 30.3 Å². The van der Waals surface area contributed by atoms with Crippen LogP contribution in [-0.4, -0.2) is 17.7 Å². The van der Waals surface area contributed by atoms with E-state index >= 15 is 0 Å². The molecule has 1 aliphatic rings. The Morgan fingerprint density at radius 1 is 1.04 bits per heavy atom. The molecule has 0 spiro atoms. The molecule has 0 atom stereocenters. The Morgan fingerprint density at radius 2 is 1.85 bits per heavy atom. The summed E-state index contributed by atoms with van der Waals surface area (Å²) in [5.74, 6) is 1.04. The van der Waals surface area contributed by atoms with Crippen molar-refractivity contribution in [2.45, 2.75) is 0 Å². The summed E-state index contributed by atoms with van der Waals surface area (Å²) in [6.45, 7) is 0.217. The smallest absolute Gasteiger partial charge is 0.275 e. The first kappa shape index (κ1) is 17.0. The van der Waals surface area contributed by atoms with E-state index in [4.69, 9.17) is 32.7 Å². The first-order valence-corrected chi connectivity index (χ1v) is 9.11. The number of ether oxygens (including phenoxy) is 2. The Labute approximate surface area is 162 Å². The monoisotopic (exact) mass is 407 g/mol. The molecular weight excluding hydrogens is 397 g/mol. The van der Waals surface area contributed by atoms with Crippen molar-refractivity contribution in [3.8, 4) is 11.5 Å². The molecule has 0 saturated carbocycles. The second kappa shape index (κ2) is 7.03. The van der Waals surface area contributed by atoms with Gasteiger partial charge in [0.15, 0.2) is 16.6 Å². The van der Waals surface area contributed by atoms with Crippen LogP contribution in [0.2, 0.25) is 10.0 Å². The predicted octanol–water partition coefficient (Wildman–Crippen LogP) is 5.17. The molecule has 1 aliphatic heterocycles. The van der Waals surface area contributed by atoms with E-state index in [1.54, 1.807) is 23.6 Å². The van der Waals surface area contributed by atoms with Crippen molar-refractivity contribution in [3.63, 3.8) is 0 Å². The van der Waals surface area contributed by atoms with Crippen molar-refractivity contribution in [3.05, 3.63) is 57.5 Å². The molecule has 2 heterocycles. The Balaban J connectivity index is 1.45. The molecule has 0 radical (unpaired) electrons. The highest BCUT2D eigenvalue weighted by Gasteiger charge is 2.15. The first-order chi connectivity index (χ1) is 12.6. The van der Waals surface area contributed by atoms with E-state index < -0.39 is 0 Å². The fourth-order valence-electron chi connectivity index (χ4n) is 2.30. The molecule has 4 rings (SSSR count). The molecule has 2 aromatic carbocycles. The standard InChI is InChI=1S/C17H11Cl2N3O3S/c18-11-3-1-9(5-12(11)19)20-16(23)13-7-26-17(22-13)21-10-2-4-14-15(6-10)25-8-24-14/h1-7H,8H2,(H,20,23)(H,21,22). The van der Waals surface area contributed by atoms with Crippen LogP contribution in [0.5, 0.6) is 11.5 Å². The topological polar surface area (TPSA) is 72.5 Å². The number of rotatable bonds is 4. The maximum Gasteiger partial charge on any atom is 0.275 e. The maximum absolute atomic E-state index is 12.3. The number of hydrogen-bond acceptors (Lipinski definition) is 6. The Morgan fingerprint density at radius 3 is 2.69 bits per heavy atom. The van der Waals surface area contributed by atoms with Crippen LogP contribution < -0.4 is 20.1 Å². The first-order valence-electron chi connectivity index (χ1n) is 7.47. The van der Waals surface area contributed by atoms with E-state index in [2.05, 4.69) is 15.6 Å². The van der Waals surface area contributed by atoms with Gasteiger partial charge in [-0.1, -0.05) is 23.2 Å². The summed E-state index contributed by atoms with van der Waals surface area (Å²) in [5, 5.41) is 8.93. The van der Waals surface area contributed by atoms with Gasteiger partial charge in [-0.2, -0.15) is 0 Å². The minimum absolute atomic E-state index is 0.217. The van der Waals surface area contributed by atoms with E-state index in [0.717, 1.165) is 5.69 Å². The number of carbonyl (C=O) groups is 1. The number of hydrogen-bond donors (Lipinski definition) is 2. The Kier molecular flexibility index (Phi) is 4.58. The predicted molar refractivity (Wildman–Crippen MR) is 102 cm³/mol. The van der Waals surface area contributed by atoms with E-state index in [9.17, 15) is 4.79 Å². The fourth-order valence-corrected chi connectivity index (χ4v) is 3.31. The zero-order valence-electron chi connectivity index (χ0n) is 13.1. The SMILES string of the molecule is O=C(Nc1ccc(Cl)c(Cl)c1)c1csc(Nc2ccc3c(c2)OCO3)n1. The number of nitrogens with one attached hydrogen (secondary N) is 2. The minimum atomic E-state index is -0.335. The van der Waals surface area contributed by atoms with Gasteiger partial charge in [-0.25, -0.2) is 4.98 Å². The lowest BCUT2D eigenvalue weighted by molar-refractivity contribution is 0.102. The summed E-state index contributed by atoms with van der Waals surface area (Å²) in [6, 6.07) is 10.4. The van der Waals surface area contributed by atoms with Gasteiger partial charge in [0, 0.05) is 22.8 Å². The van der Waals surface area contributed by atoms with Crippen molar-refractivity contribution < 1.29 is 14.3 Å². The quantitative estimate of drug-likeness (QED) is 0.623. The molecule has 0 unspecified atom stereocenters. The van der Waals surface area contributed by atoms with Crippen LogP contribution in [0, 0.1) is 0 Å². The van der Waals surface area contributed by atoms with Crippen molar-refractivity contribution in [1.82, 2.24) is 4.98 Å². The molecule has 1 amide bonds. The van der Waals surface area contributed by atoms with Gasteiger partial charge in [0.05, 0.1) is 10.0 Å². The Bertz CT molecular complexity index is 993. The van der Waals surface area contributed by atoms with Crippen LogP contribution in [-0.2, 0) is 0 Å². The highest BCUT2D eigenvalue weighted by molar-refractivity contribution is 7.14. The normalized spacial score (nSPS) is 12.1. The van der Waals surface area contributed by atoms with E-state index in [1.807, 2.05) is 18.2 Å². The number of anilines is 3. The van der Waals surface area contributed by atoms with Crippen LogP contribution in [0.4, 0.5) is 16.5 Å². The zero-order valence-corrected chi connectivity index (χ0v) is 15.4. The molecule has 0 bridgehead atoms. The maximum atomic E-state index is 12.3. The summed E-state index contributed by atoms with van der Waals surface area (Å²) in [4.78, 5) is 16.6. The van der Waals surface area contributed by atoms with Gasteiger partial charge in [0.2, 0.25) is 6.79 Å². The summed E-state index contributed by atoms with van der Waals surface area (Å²) >= 11 is 13.1. The number of thiazole rings is 1. The highest BCUT2D eigenvalue weighted by atomic mass is 35.5. The fraction of sp³-hybridized carbons (Fsp3) is 0.0588. The average molecular weight is 408 g/mol. The van der Waals surface area contributed by atoms with Crippen molar-refractivity contribution in [1.29, 1.82) is 0 Å². The number of fused-ring (bicyclic) bond motifs is 1. The van der Waals surface area contributed by atoms with Crippen molar-refractivity contribution in [2.24, 2.45) is 0 Å². The lowest BCUT2D eigenvalue weighted by Gasteiger charge is -2.05. The Hall–Kier alpha value is -2.48. The highest BCUT2D eigenvalue weighted by Crippen LogP contribution is 2.35. The molecule has 0 aliphatic carbocycles. The summed E-state index contributed by atoms with van der Waals surface area (Å²) < 4.78 is 10.6. The lowest BCUT2D eigenvalue weighted by atomic mass is 10.3. The molecule has 1 aromatic heterocycles. The second-order valence-electron chi connectivity index (χ2n) is 5.31. The van der Waals surface area contributed by atoms with Crippen LogP contribution in [0.25, 0.3) is 0 Å². The molecular formula is C17H11Cl2N3O3S. The van der Waals surface area contributed by atoms with Gasteiger partial charge >= 0.3 is 0 Å². The average Bonchev–Trinajstić information content (AvgIpc) is 3.27. The molecule has 3 aromatic rings. The number of benzene rings is 2. The summed E-state index contributed by atoms with van der Waals surface area (Å²) in [5.41, 5.74) is 1.63. The number of amides is 1. The molecule has 9 heteroatoms. The van der Waals surface area contributed by atoms with E-state index in [1.165, 1.54) is 11.3 Å². The van der Waals surface area contributed by atoms with E-state index in [-0.39, 0.29) is 12.7 Å². The third kappa shape index (κ3) is 3.55. The van der Waals surface area contributed by atoms with Crippen LogP contribution in [0.3, 0.4) is 0 Å². The number of carbonyl (C=O) groups excluding carboxylic acids is 1. The van der Waals surface area contributed by atoms with Gasteiger partial charge in [0.25, 0.3) is 5.91 Å². The van der Waals surface area contributed by atoms with Crippen LogP contribution in [0.1, 0.15) is 10.5 Å². The second-order valence-corrected chi connectivity index (χ2v) is 6.99. The van der Waals surface area contributed by atoms with Gasteiger partial charge in [-0.15, -0.1) is 11.3 Å².